The van der Waals surface area contributed by atoms with Crippen molar-refractivity contribution in [3.8, 4) is 0 Å². The highest BCUT2D eigenvalue weighted by Gasteiger charge is 2.48. The second kappa shape index (κ2) is 5.63. The third kappa shape index (κ3) is 3.10. The molecule has 0 spiro atoms. The first kappa shape index (κ1) is 16.0. The number of hydrogen-bond acceptors (Lipinski definition) is 6. The lowest BCUT2D eigenvalue weighted by atomic mass is 10.0. The van der Waals surface area contributed by atoms with Gasteiger partial charge in [0.05, 0.1) is 35.7 Å². The lowest BCUT2D eigenvalue weighted by Crippen LogP contribution is -2.61. The number of sulfone groups is 1. The lowest BCUT2D eigenvalue weighted by Gasteiger charge is -2.43. The highest BCUT2D eigenvalue weighted by molar-refractivity contribution is 7.91. The number of nitrogens with zero attached hydrogens (tertiary/aromatic N) is 3. The topological polar surface area (TPSA) is 101 Å². The molecule has 1 aromatic heterocycles. The molecule has 8 nitrogen and oxygen atoms in total. The largest absolute Gasteiger partial charge is 0.361 e. The first-order valence-electron chi connectivity index (χ1n) is 7.46. The Bertz CT molecular complexity index is 741. The summed E-state index contributed by atoms with van der Waals surface area (Å²) in [6, 6.07) is 0.757. The number of aromatic nitrogens is 1. The van der Waals surface area contributed by atoms with Gasteiger partial charge in [-0.1, -0.05) is 5.16 Å². The molecule has 0 aromatic carbocycles. The van der Waals surface area contributed by atoms with E-state index >= 15 is 0 Å². The molecule has 126 valence electrons. The molecule has 2 fully saturated rings. The van der Waals surface area contributed by atoms with Gasteiger partial charge in [0.2, 0.25) is 11.8 Å². The maximum atomic E-state index is 12.5. The van der Waals surface area contributed by atoms with Gasteiger partial charge in [-0.2, -0.15) is 0 Å². The average molecular weight is 341 g/mol. The number of amides is 2. The van der Waals surface area contributed by atoms with Crippen molar-refractivity contribution in [2.75, 3.05) is 24.6 Å². The summed E-state index contributed by atoms with van der Waals surface area (Å²) >= 11 is 0. The summed E-state index contributed by atoms with van der Waals surface area (Å²) < 4.78 is 29.0. The van der Waals surface area contributed by atoms with Gasteiger partial charge in [-0.25, -0.2) is 8.42 Å². The molecule has 2 saturated heterocycles. The summed E-state index contributed by atoms with van der Waals surface area (Å²) in [5.41, 5.74) is 0.690. The fraction of sp³-hybridized carbons (Fsp3) is 0.643. The van der Waals surface area contributed by atoms with Gasteiger partial charge in [-0.15, -0.1) is 0 Å². The minimum atomic E-state index is -3.25. The summed E-state index contributed by atoms with van der Waals surface area (Å²) in [5, 5.41) is 3.75. The van der Waals surface area contributed by atoms with Crippen LogP contribution in [0.25, 0.3) is 0 Å². The molecule has 2 aliphatic rings. The van der Waals surface area contributed by atoms with E-state index in [1.54, 1.807) is 22.8 Å². The molecule has 0 unspecified atom stereocenters. The van der Waals surface area contributed by atoms with E-state index in [-0.39, 0.29) is 29.7 Å². The van der Waals surface area contributed by atoms with Crippen LogP contribution in [-0.2, 0) is 25.8 Å². The predicted octanol–water partition coefficient (Wildman–Crippen LogP) is -0.618. The number of fused-ring (bicyclic) bond motifs is 1. The molecule has 0 saturated carbocycles. The van der Waals surface area contributed by atoms with Gasteiger partial charge in [-0.05, 0) is 6.92 Å². The fourth-order valence-corrected chi connectivity index (χ4v) is 5.38. The number of carbonyl (C=O) groups is 2. The Kier molecular flexibility index (Phi) is 3.91. The molecule has 0 aliphatic carbocycles. The van der Waals surface area contributed by atoms with Crippen molar-refractivity contribution < 1.29 is 22.5 Å². The first-order chi connectivity index (χ1) is 10.8. The number of hydrogen-bond donors (Lipinski definition) is 0. The van der Waals surface area contributed by atoms with Crippen LogP contribution in [0.5, 0.6) is 0 Å². The van der Waals surface area contributed by atoms with Crippen LogP contribution in [0.2, 0.25) is 0 Å². The summed E-state index contributed by atoms with van der Waals surface area (Å²) in [4.78, 5) is 27.4. The molecule has 2 atom stereocenters. The maximum Gasteiger partial charge on any atom is 0.230 e. The van der Waals surface area contributed by atoms with Crippen molar-refractivity contribution >= 4 is 21.7 Å². The average Bonchev–Trinajstić information content (AvgIpc) is 2.98. The molecule has 0 radical (unpaired) electrons. The number of piperazine rings is 1. The van der Waals surface area contributed by atoms with E-state index in [0.29, 0.717) is 24.5 Å². The van der Waals surface area contributed by atoms with Crippen LogP contribution in [0.15, 0.2) is 10.6 Å². The van der Waals surface area contributed by atoms with Gasteiger partial charge >= 0.3 is 0 Å². The highest BCUT2D eigenvalue weighted by atomic mass is 32.2. The van der Waals surface area contributed by atoms with Crippen molar-refractivity contribution in [1.29, 1.82) is 0 Å². The van der Waals surface area contributed by atoms with Crippen LogP contribution in [0.3, 0.4) is 0 Å². The molecule has 1 aromatic rings. The third-order valence-electron chi connectivity index (χ3n) is 4.40. The molecule has 9 heteroatoms. The number of carbonyl (C=O) groups excluding carboxylic acids is 2. The molecule has 3 rings (SSSR count). The zero-order valence-corrected chi connectivity index (χ0v) is 13.9. The maximum absolute atomic E-state index is 12.5. The first-order valence-corrected chi connectivity index (χ1v) is 9.28. The van der Waals surface area contributed by atoms with Crippen molar-refractivity contribution in [2.45, 2.75) is 32.4 Å². The van der Waals surface area contributed by atoms with Gasteiger partial charge in [0.25, 0.3) is 0 Å². The monoisotopic (exact) mass is 341 g/mol. The molecular formula is C14H19N3O5S. The summed E-state index contributed by atoms with van der Waals surface area (Å²) in [7, 11) is -3.25. The molecule has 0 N–H and O–H groups in total. The van der Waals surface area contributed by atoms with Crippen LogP contribution in [-0.4, -0.2) is 71.9 Å². The smallest absolute Gasteiger partial charge is 0.230 e. The predicted molar refractivity (Wildman–Crippen MR) is 80.3 cm³/mol. The Labute approximate surface area is 134 Å². The standard InChI is InChI=1S/C14H19N3O5S/c1-9-5-11(22-15-9)6-14(19)17-4-3-16(10(2)18)12-7-23(20,21)8-13(12)17/h5,12-13H,3-4,6-8H2,1-2H3/t12-,13+/m1/s1. The van der Waals surface area contributed by atoms with Crippen LogP contribution in [0, 0.1) is 6.92 Å². The van der Waals surface area contributed by atoms with E-state index in [4.69, 9.17) is 4.52 Å². The van der Waals surface area contributed by atoms with Crippen molar-refractivity contribution in [3.05, 3.63) is 17.5 Å². The molecule has 2 amide bonds. The minimum absolute atomic E-state index is 0.0458. The van der Waals surface area contributed by atoms with Crippen molar-refractivity contribution in [1.82, 2.24) is 15.0 Å². The molecular weight excluding hydrogens is 322 g/mol. The lowest BCUT2D eigenvalue weighted by molar-refractivity contribution is -0.144. The Balaban J connectivity index is 1.80. The van der Waals surface area contributed by atoms with Crippen LogP contribution < -0.4 is 0 Å². The SMILES string of the molecule is CC(=O)N1CCN(C(=O)Cc2cc(C)no2)[C@H]2CS(=O)(=O)C[C@H]21. The Morgan fingerprint density at radius 3 is 2.43 bits per heavy atom. The van der Waals surface area contributed by atoms with E-state index < -0.39 is 21.9 Å². The van der Waals surface area contributed by atoms with Gasteiger partial charge < -0.3 is 14.3 Å². The minimum Gasteiger partial charge on any atom is -0.361 e. The number of aryl methyl sites for hydroxylation is 1. The van der Waals surface area contributed by atoms with Crippen LogP contribution in [0.4, 0.5) is 0 Å². The van der Waals surface area contributed by atoms with Gasteiger partial charge in [0.1, 0.15) is 5.76 Å². The van der Waals surface area contributed by atoms with Gasteiger partial charge in [-0.3, -0.25) is 9.59 Å². The Hall–Kier alpha value is -1.90. The van der Waals surface area contributed by atoms with Crippen molar-refractivity contribution in [2.24, 2.45) is 0 Å². The van der Waals surface area contributed by atoms with Gasteiger partial charge in [0, 0.05) is 26.1 Å². The Morgan fingerprint density at radius 1 is 1.26 bits per heavy atom. The Morgan fingerprint density at radius 2 is 1.87 bits per heavy atom. The third-order valence-corrected chi connectivity index (χ3v) is 6.10. The summed E-state index contributed by atoms with van der Waals surface area (Å²) in [5.74, 6) is -0.0733. The van der Waals surface area contributed by atoms with E-state index in [1.165, 1.54) is 6.92 Å². The van der Waals surface area contributed by atoms with E-state index in [0.717, 1.165) is 0 Å². The van der Waals surface area contributed by atoms with Crippen molar-refractivity contribution in [3.63, 3.8) is 0 Å². The van der Waals surface area contributed by atoms with Gasteiger partial charge in [0.15, 0.2) is 9.84 Å². The zero-order chi connectivity index (χ0) is 16.8. The molecule has 23 heavy (non-hydrogen) atoms. The quantitative estimate of drug-likeness (QED) is 0.711. The zero-order valence-electron chi connectivity index (χ0n) is 13.1. The fourth-order valence-electron chi connectivity index (χ4n) is 3.40. The molecule has 2 aliphatic heterocycles. The van der Waals surface area contributed by atoms with E-state index in [9.17, 15) is 18.0 Å². The molecule has 0 bridgehead atoms. The van der Waals surface area contributed by atoms with E-state index in [1.807, 2.05) is 0 Å². The summed E-state index contributed by atoms with van der Waals surface area (Å²) in [6.45, 7) is 3.88. The second-order valence-electron chi connectivity index (χ2n) is 6.12. The molecule has 3 heterocycles. The second-order valence-corrected chi connectivity index (χ2v) is 8.28. The van der Waals surface area contributed by atoms with E-state index in [2.05, 4.69) is 5.16 Å². The van der Waals surface area contributed by atoms with Crippen LogP contribution >= 0.6 is 0 Å². The number of rotatable bonds is 2. The summed E-state index contributed by atoms with van der Waals surface area (Å²) in [6.07, 6.45) is 0.0458. The van der Waals surface area contributed by atoms with Crippen LogP contribution in [0.1, 0.15) is 18.4 Å². The highest BCUT2D eigenvalue weighted by Crippen LogP contribution is 2.27. The normalized spacial score (nSPS) is 26.2.